The van der Waals surface area contributed by atoms with Gasteiger partial charge in [-0.15, -0.1) is 9.24 Å². The summed E-state index contributed by atoms with van der Waals surface area (Å²) in [6.07, 6.45) is 4.58. The van der Waals surface area contributed by atoms with Crippen LogP contribution in [0.25, 0.3) is 0 Å². The fourth-order valence-electron chi connectivity index (χ4n) is 2.62. The topological polar surface area (TPSA) is 0 Å². The molecule has 0 aliphatic heterocycles. The molecule has 5 atom stereocenters. The lowest BCUT2D eigenvalue weighted by atomic mass is 9.90. The summed E-state index contributed by atoms with van der Waals surface area (Å²) in [5.74, 6) is 3.18. The Morgan fingerprint density at radius 1 is 1.22 bits per heavy atom. The van der Waals surface area contributed by atoms with Crippen LogP contribution in [-0.4, -0.2) is 5.66 Å². The molecule has 0 aromatic rings. The molecule has 2 aliphatic carbocycles. The summed E-state index contributed by atoms with van der Waals surface area (Å²) < 4.78 is 0. The van der Waals surface area contributed by atoms with Crippen LogP contribution in [0, 0.1) is 17.8 Å². The highest BCUT2D eigenvalue weighted by molar-refractivity contribution is 7.17. The molecule has 1 heteroatoms. The zero-order valence-electron chi connectivity index (χ0n) is 6.01. The maximum Gasteiger partial charge on any atom is -0.0207 e. The number of fused-ring (bicyclic) bond motifs is 2. The van der Waals surface area contributed by atoms with Crippen molar-refractivity contribution in [3.8, 4) is 0 Å². The highest BCUT2D eigenvalue weighted by atomic mass is 31.0. The fourth-order valence-corrected chi connectivity index (χ4v) is 3.29. The van der Waals surface area contributed by atoms with E-state index in [-0.39, 0.29) is 0 Å². The Labute approximate surface area is 59.6 Å². The minimum Gasteiger partial charge on any atom is -0.134 e. The first-order chi connectivity index (χ1) is 4.29. The molecule has 0 N–H and O–H groups in total. The average Bonchev–Trinajstić information content (AvgIpc) is 2.37. The molecule has 0 radical (unpaired) electrons. The van der Waals surface area contributed by atoms with Crippen LogP contribution in [0.1, 0.15) is 26.2 Å². The van der Waals surface area contributed by atoms with Crippen LogP contribution >= 0.6 is 9.24 Å². The Bertz CT molecular complexity index is 104. The van der Waals surface area contributed by atoms with Crippen molar-refractivity contribution in [1.29, 1.82) is 0 Å². The molecule has 1 unspecified atom stereocenters. The molecule has 0 aromatic heterocycles. The summed E-state index contributed by atoms with van der Waals surface area (Å²) in [5.41, 5.74) is 0.962. The summed E-state index contributed by atoms with van der Waals surface area (Å²) in [6.45, 7) is 2.42. The molecule has 0 saturated heterocycles. The lowest BCUT2D eigenvalue weighted by Crippen LogP contribution is -2.18. The van der Waals surface area contributed by atoms with Crippen LogP contribution in [0.5, 0.6) is 0 Å². The van der Waals surface area contributed by atoms with Gasteiger partial charge in [0.15, 0.2) is 0 Å². The Kier molecular flexibility index (Phi) is 1.34. The van der Waals surface area contributed by atoms with Gasteiger partial charge in [-0.3, -0.25) is 0 Å². The molecule has 0 heterocycles. The van der Waals surface area contributed by atoms with E-state index in [0.717, 1.165) is 23.4 Å². The summed E-state index contributed by atoms with van der Waals surface area (Å²) >= 11 is 0. The van der Waals surface area contributed by atoms with Crippen LogP contribution in [0.3, 0.4) is 0 Å². The maximum atomic E-state index is 3.03. The number of hydrogen-bond acceptors (Lipinski definition) is 0. The predicted molar refractivity (Wildman–Crippen MR) is 43.5 cm³/mol. The largest absolute Gasteiger partial charge is 0.134 e. The van der Waals surface area contributed by atoms with Gasteiger partial charge < -0.3 is 0 Å². The van der Waals surface area contributed by atoms with E-state index < -0.39 is 0 Å². The molecule has 52 valence electrons. The van der Waals surface area contributed by atoms with Crippen molar-refractivity contribution >= 4 is 9.24 Å². The summed E-state index contributed by atoms with van der Waals surface area (Å²) in [4.78, 5) is 0. The smallest absolute Gasteiger partial charge is 0.0207 e. The van der Waals surface area contributed by atoms with Crippen molar-refractivity contribution in [3.63, 3.8) is 0 Å². The van der Waals surface area contributed by atoms with Gasteiger partial charge in [-0.05, 0) is 42.7 Å². The first-order valence-electron chi connectivity index (χ1n) is 4.04. The van der Waals surface area contributed by atoms with Gasteiger partial charge in [0, 0.05) is 0 Å². The normalized spacial score (nSPS) is 56.7. The van der Waals surface area contributed by atoms with Gasteiger partial charge in [0.2, 0.25) is 0 Å². The molecule has 0 aromatic carbocycles. The van der Waals surface area contributed by atoms with Gasteiger partial charge in [-0.2, -0.15) is 0 Å². The number of hydrogen-bond donors (Lipinski definition) is 0. The van der Waals surface area contributed by atoms with Crippen molar-refractivity contribution in [1.82, 2.24) is 0 Å². The van der Waals surface area contributed by atoms with E-state index in [1.165, 1.54) is 19.3 Å². The molecule has 2 saturated carbocycles. The van der Waals surface area contributed by atoms with E-state index in [4.69, 9.17) is 0 Å². The van der Waals surface area contributed by atoms with Crippen LogP contribution in [0.2, 0.25) is 0 Å². The van der Waals surface area contributed by atoms with Crippen molar-refractivity contribution in [2.45, 2.75) is 31.8 Å². The van der Waals surface area contributed by atoms with Crippen LogP contribution in [0.4, 0.5) is 0 Å². The van der Waals surface area contributed by atoms with Gasteiger partial charge >= 0.3 is 0 Å². The summed E-state index contributed by atoms with van der Waals surface area (Å²) in [6, 6.07) is 0. The average molecular weight is 142 g/mol. The molecule has 0 spiro atoms. The second kappa shape index (κ2) is 1.95. The Morgan fingerprint density at radius 3 is 2.22 bits per heavy atom. The van der Waals surface area contributed by atoms with Crippen LogP contribution in [-0.2, 0) is 0 Å². The third kappa shape index (κ3) is 0.759. The Balaban J connectivity index is 2.15. The monoisotopic (exact) mass is 142 g/mol. The lowest BCUT2D eigenvalue weighted by molar-refractivity contribution is 0.370. The van der Waals surface area contributed by atoms with Crippen molar-refractivity contribution < 1.29 is 0 Å². The second-order valence-electron chi connectivity index (χ2n) is 3.77. The fraction of sp³-hybridized carbons (Fsp3) is 1.00. The van der Waals surface area contributed by atoms with E-state index in [1.54, 1.807) is 0 Å². The molecule has 2 aliphatic rings. The van der Waals surface area contributed by atoms with E-state index in [2.05, 4.69) is 16.2 Å². The summed E-state index contributed by atoms with van der Waals surface area (Å²) in [5, 5.41) is 0. The molecular weight excluding hydrogens is 127 g/mol. The van der Waals surface area contributed by atoms with Gasteiger partial charge in [-0.1, -0.05) is 6.92 Å². The van der Waals surface area contributed by atoms with Gasteiger partial charge in [-0.25, -0.2) is 0 Å². The van der Waals surface area contributed by atoms with Crippen molar-refractivity contribution in [2.75, 3.05) is 0 Å². The zero-order chi connectivity index (χ0) is 6.43. The highest BCUT2D eigenvalue weighted by Crippen LogP contribution is 2.51. The SMILES string of the molecule is C[C@H]1[C@@H]2CC[C@@H](C2)[C@H]1P. The maximum absolute atomic E-state index is 3.03. The van der Waals surface area contributed by atoms with E-state index >= 15 is 0 Å². The minimum atomic E-state index is 0.962. The highest BCUT2D eigenvalue weighted by Gasteiger charge is 2.42. The van der Waals surface area contributed by atoms with Crippen molar-refractivity contribution in [3.05, 3.63) is 0 Å². The second-order valence-corrected chi connectivity index (χ2v) is 4.54. The molecule has 0 amide bonds. The predicted octanol–water partition coefficient (Wildman–Crippen LogP) is 2.30. The molecule has 2 rings (SSSR count). The molecule has 0 nitrogen and oxygen atoms in total. The molecule has 2 bridgehead atoms. The first kappa shape index (κ1) is 6.16. The Morgan fingerprint density at radius 2 is 1.89 bits per heavy atom. The Hall–Kier alpha value is 0.430. The third-order valence-corrected chi connectivity index (χ3v) is 4.56. The standard InChI is InChI=1S/C8H15P/c1-5-6-2-3-7(4-6)8(5)9/h5-8H,2-4,9H2,1H3/t5-,6+,7-,8-/m0/s1. The van der Waals surface area contributed by atoms with Gasteiger partial charge in [0.1, 0.15) is 0 Å². The molecule has 2 fully saturated rings. The minimum absolute atomic E-state index is 0.962. The van der Waals surface area contributed by atoms with Crippen molar-refractivity contribution in [2.24, 2.45) is 17.8 Å². The lowest BCUT2D eigenvalue weighted by Gasteiger charge is -2.23. The third-order valence-electron chi connectivity index (χ3n) is 3.41. The van der Waals surface area contributed by atoms with E-state index in [1.807, 2.05) is 0 Å². The quantitative estimate of drug-likeness (QED) is 0.455. The molecule has 9 heavy (non-hydrogen) atoms. The number of rotatable bonds is 0. The molecular formula is C8H15P. The van der Waals surface area contributed by atoms with Gasteiger partial charge in [0.25, 0.3) is 0 Å². The van der Waals surface area contributed by atoms with E-state index in [9.17, 15) is 0 Å². The zero-order valence-corrected chi connectivity index (χ0v) is 7.16. The summed E-state index contributed by atoms with van der Waals surface area (Å²) in [7, 11) is 3.03. The van der Waals surface area contributed by atoms with Crippen LogP contribution in [0.15, 0.2) is 0 Å². The van der Waals surface area contributed by atoms with Gasteiger partial charge in [0.05, 0.1) is 0 Å². The van der Waals surface area contributed by atoms with Crippen LogP contribution < -0.4 is 0 Å². The first-order valence-corrected chi connectivity index (χ1v) is 4.71. The van der Waals surface area contributed by atoms with E-state index in [0.29, 0.717) is 0 Å².